The smallest absolute Gasteiger partial charge is 0.149 e. The fourth-order valence-corrected chi connectivity index (χ4v) is 0.934. The predicted octanol–water partition coefficient (Wildman–Crippen LogP) is 1.89. The highest BCUT2D eigenvalue weighted by atomic mass is 35.5. The second-order valence-corrected chi connectivity index (χ2v) is 2.50. The van der Waals surface area contributed by atoms with E-state index >= 15 is 0 Å². The average molecular weight is 166 g/mol. The van der Waals surface area contributed by atoms with Crippen molar-refractivity contribution in [2.45, 2.75) is 5.50 Å². The summed E-state index contributed by atoms with van der Waals surface area (Å²) in [6.07, 6.45) is 4.49. The minimum absolute atomic E-state index is 0.539. The molecule has 0 amide bonds. The van der Waals surface area contributed by atoms with Gasteiger partial charge in [0.05, 0.1) is 0 Å². The third-order valence-corrected chi connectivity index (χ3v) is 1.51. The number of halogens is 2. The summed E-state index contributed by atoms with van der Waals surface area (Å²) < 4.78 is 0. The van der Waals surface area contributed by atoms with E-state index in [0.29, 0.717) is 5.03 Å². The van der Waals surface area contributed by atoms with Gasteiger partial charge in [-0.05, 0) is 12.2 Å². The van der Waals surface area contributed by atoms with Gasteiger partial charge in [0.15, 0.2) is 0 Å². The van der Waals surface area contributed by atoms with E-state index in [2.05, 4.69) is 0 Å². The van der Waals surface area contributed by atoms with E-state index in [1.165, 1.54) is 12.3 Å². The number of alkyl halides is 1. The molecule has 0 aromatic rings. The Kier molecular flexibility index (Phi) is 2.01. The molecule has 50 valence electrons. The monoisotopic (exact) mass is 165 g/mol. The van der Waals surface area contributed by atoms with Crippen LogP contribution < -0.4 is 0 Å². The molecule has 1 atom stereocenters. The maximum atomic E-state index is 8.81. The van der Waals surface area contributed by atoms with E-state index in [-0.39, 0.29) is 0 Å². The van der Waals surface area contributed by atoms with E-state index in [9.17, 15) is 0 Å². The molecule has 1 aliphatic heterocycles. The van der Waals surface area contributed by atoms with Gasteiger partial charge < -0.3 is 0 Å². The molecule has 1 rings (SSSR count). The zero-order chi connectivity index (χ0) is 6.85. The summed E-state index contributed by atoms with van der Waals surface area (Å²) in [6.45, 7) is 0. The van der Waals surface area contributed by atoms with Crippen molar-refractivity contribution in [3.05, 3.63) is 23.4 Å². The van der Waals surface area contributed by atoms with Gasteiger partial charge in [-0.15, -0.1) is 0 Å². The van der Waals surface area contributed by atoms with Crippen LogP contribution in [0.1, 0.15) is 0 Å². The topological polar surface area (TPSA) is 23.5 Å². The van der Waals surface area contributed by atoms with Gasteiger partial charge in [0.2, 0.25) is 0 Å². The van der Waals surface area contributed by atoms with E-state index in [1.54, 1.807) is 6.08 Å². The summed E-state index contributed by atoms with van der Waals surface area (Å²) in [5, 5.41) is 10.2. The van der Waals surface area contributed by atoms with Crippen LogP contribution in [0, 0.1) is 0 Å². The lowest BCUT2D eigenvalue weighted by molar-refractivity contribution is -0.0431. The molecule has 0 aromatic carbocycles. The van der Waals surface area contributed by atoms with Crippen LogP contribution in [-0.2, 0) is 0 Å². The first-order valence-electron chi connectivity index (χ1n) is 2.37. The van der Waals surface area contributed by atoms with Crippen LogP contribution >= 0.6 is 23.2 Å². The molecule has 0 radical (unpaired) electrons. The summed E-state index contributed by atoms with van der Waals surface area (Å²) in [7, 11) is 0. The number of hydrogen-bond acceptors (Lipinski definition) is 2. The Balaban J connectivity index is 2.70. The van der Waals surface area contributed by atoms with E-state index in [1.807, 2.05) is 0 Å². The summed E-state index contributed by atoms with van der Waals surface area (Å²) in [5.41, 5.74) is -0.539. The van der Waals surface area contributed by atoms with Gasteiger partial charge in [-0.3, -0.25) is 5.21 Å². The molecule has 1 unspecified atom stereocenters. The zero-order valence-corrected chi connectivity index (χ0v) is 5.97. The lowest BCUT2D eigenvalue weighted by atomic mass is 10.4. The van der Waals surface area contributed by atoms with Crippen LogP contribution in [0.3, 0.4) is 0 Å². The molecule has 4 heteroatoms. The summed E-state index contributed by atoms with van der Waals surface area (Å²) in [5.74, 6) is 0. The molecule has 1 heterocycles. The first-order valence-corrected chi connectivity index (χ1v) is 3.18. The lowest BCUT2D eigenvalue weighted by Gasteiger charge is -2.18. The molecule has 1 aliphatic rings. The zero-order valence-electron chi connectivity index (χ0n) is 4.46. The quantitative estimate of drug-likeness (QED) is 0.438. The minimum Gasteiger partial charge on any atom is -0.287 e. The van der Waals surface area contributed by atoms with Gasteiger partial charge >= 0.3 is 0 Å². The summed E-state index contributed by atoms with van der Waals surface area (Å²) in [4.78, 5) is 0. The van der Waals surface area contributed by atoms with Crippen molar-refractivity contribution in [2.75, 3.05) is 0 Å². The Morgan fingerprint density at radius 2 is 2.33 bits per heavy atom. The molecule has 0 spiro atoms. The van der Waals surface area contributed by atoms with Crippen LogP contribution in [0.2, 0.25) is 0 Å². The lowest BCUT2D eigenvalue weighted by Crippen LogP contribution is -2.21. The SMILES string of the molecule is ON1C=CC(Cl)=CC1Cl. The van der Waals surface area contributed by atoms with Crippen LogP contribution in [0.5, 0.6) is 0 Å². The molecule has 0 bridgehead atoms. The molecule has 1 N–H and O–H groups in total. The highest BCUT2D eigenvalue weighted by Gasteiger charge is 2.09. The summed E-state index contributed by atoms with van der Waals surface area (Å²) >= 11 is 11.1. The number of allylic oxidation sites excluding steroid dienone is 2. The van der Waals surface area contributed by atoms with E-state index in [4.69, 9.17) is 28.4 Å². The molecular weight excluding hydrogens is 161 g/mol. The number of hydrogen-bond donors (Lipinski definition) is 1. The molecular formula is C5H5Cl2NO. The third-order valence-electron chi connectivity index (χ3n) is 0.936. The van der Waals surface area contributed by atoms with Crippen molar-refractivity contribution in [1.82, 2.24) is 5.06 Å². The molecule has 2 nitrogen and oxygen atoms in total. The highest BCUT2D eigenvalue weighted by Crippen LogP contribution is 2.16. The highest BCUT2D eigenvalue weighted by molar-refractivity contribution is 6.32. The molecule has 0 saturated heterocycles. The Labute approximate surface area is 62.9 Å². The molecule has 0 aromatic heterocycles. The van der Waals surface area contributed by atoms with Crippen molar-refractivity contribution in [1.29, 1.82) is 0 Å². The van der Waals surface area contributed by atoms with Crippen LogP contribution in [0.15, 0.2) is 23.4 Å². The Hall–Kier alpha value is -0.180. The molecule has 0 saturated carbocycles. The number of hydroxylamine groups is 2. The second kappa shape index (κ2) is 2.60. The van der Waals surface area contributed by atoms with Crippen LogP contribution in [0.25, 0.3) is 0 Å². The van der Waals surface area contributed by atoms with Crippen molar-refractivity contribution in [3.63, 3.8) is 0 Å². The Bertz CT molecular complexity index is 166. The Morgan fingerprint density at radius 3 is 2.78 bits per heavy atom. The average Bonchev–Trinajstić information content (AvgIpc) is 1.80. The minimum atomic E-state index is -0.539. The molecule has 0 fully saturated rings. The number of nitrogens with zero attached hydrogens (tertiary/aromatic N) is 1. The van der Waals surface area contributed by atoms with Gasteiger partial charge in [0.1, 0.15) is 5.50 Å². The molecule has 0 aliphatic carbocycles. The largest absolute Gasteiger partial charge is 0.287 e. The first kappa shape index (κ1) is 6.93. The van der Waals surface area contributed by atoms with Crippen molar-refractivity contribution in [2.24, 2.45) is 0 Å². The third kappa shape index (κ3) is 1.61. The number of rotatable bonds is 0. The van der Waals surface area contributed by atoms with Gasteiger partial charge in [0.25, 0.3) is 0 Å². The van der Waals surface area contributed by atoms with Crippen LogP contribution in [0.4, 0.5) is 0 Å². The van der Waals surface area contributed by atoms with Crippen molar-refractivity contribution < 1.29 is 5.21 Å². The molecule has 9 heavy (non-hydrogen) atoms. The van der Waals surface area contributed by atoms with E-state index in [0.717, 1.165) is 5.06 Å². The fourth-order valence-electron chi connectivity index (χ4n) is 0.493. The first-order chi connectivity index (χ1) is 4.20. The maximum Gasteiger partial charge on any atom is 0.149 e. The van der Waals surface area contributed by atoms with Gasteiger partial charge in [-0.2, -0.15) is 0 Å². The second-order valence-electron chi connectivity index (χ2n) is 1.62. The Morgan fingerprint density at radius 1 is 1.67 bits per heavy atom. The summed E-state index contributed by atoms with van der Waals surface area (Å²) in [6, 6.07) is 0. The van der Waals surface area contributed by atoms with Gasteiger partial charge in [0, 0.05) is 11.2 Å². The standard InChI is InChI=1S/C5H5Cl2NO/c6-4-1-2-8(9)5(7)3-4/h1-3,5,9H. The predicted molar refractivity (Wildman–Crippen MR) is 36.3 cm³/mol. The van der Waals surface area contributed by atoms with Crippen LogP contribution in [-0.4, -0.2) is 15.8 Å². The maximum absolute atomic E-state index is 8.81. The fraction of sp³-hybridized carbons (Fsp3) is 0.200. The van der Waals surface area contributed by atoms with Gasteiger partial charge in [-0.25, -0.2) is 5.06 Å². The van der Waals surface area contributed by atoms with Crippen molar-refractivity contribution in [3.8, 4) is 0 Å². The normalized spacial score (nSPS) is 26.3. The van der Waals surface area contributed by atoms with Crippen molar-refractivity contribution >= 4 is 23.2 Å². The van der Waals surface area contributed by atoms with E-state index < -0.39 is 5.50 Å². The van der Waals surface area contributed by atoms with Gasteiger partial charge in [-0.1, -0.05) is 23.2 Å².